The molecule has 0 aliphatic carbocycles. The van der Waals surface area contributed by atoms with Gasteiger partial charge in [-0.2, -0.15) is 0 Å². The van der Waals surface area contributed by atoms with Crippen molar-refractivity contribution in [3.8, 4) is 0 Å². The Balaban J connectivity index is 2.61. The van der Waals surface area contributed by atoms with Crippen molar-refractivity contribution in [2.45, 2.75) is 61.0 Å². The van der Waals surface area contributed by atoms with Gasteiger partial charge < -0.3 is 0 Å². The highest BCUT2D eigenvalue weighted by Crippen LogP contribution is 2.31. The van der Waals surface area contributed by atoms with Gasteiger partial charge in [-0.1, -0.05) is 29.8 Å². The second-order valence-corrected chi connectivity index (χ2v) is 10.4. The van der Waals surface area contributed by atoms with Crippen molar-refractivity contribution in [1.29, 1.82) is 0 Å². The highest BCUT2D eigenvalue weighted by Gasteiger charge is 2.26. The fraction of sp³-hybridized carbons (Fsp3) is 0.368. The predicted octanol–water partition coefficient (Wildman–Crippen LogP) is 4.68. The van der Waals surface area contributed by atoms with E-state index in [1.54, 1.807) is 0 Å². The van der Waals surface area contributed by atoms with Crippen molar-refractivity contribution in [3.05, 3.63) is 53.1 Å². The molecule has 0 aliphatic rings. The molecule has 0 N–H and O–H groups in total. The van der Waals surface area contributed by atoms with Gasteiger partial charge in [0.2, 0.25) is 0 Å². The van der Waals surface area contributed by atoms with Crippen LogP contribution in [0.25, 0.3) is 0 Å². The molecule has 4 heteroatoms. The van der Waals surface area contributed by atoms with Gasteiger partial charge in [-0.05, 0) is 64.8 Å². The van der Waals surface area contributed by atoms with Gasteiger partial charge in [0.1, 0.15) is 0 Å². The van der Waals surface area contributed by atoms with Crippen molar-refractivity contribution in [1.82, 2.24) is 0 Å². The Labute approximate surface area is 144 Å². The maximum atomic E-state index is 13.2. The van der Waals surface area contributed by atoms with E-state index in [-0.39, 0.29) is 0 Å². The van der Waals surface area contributed by atoms with Gasteiger partial charge in [0, 0.05) is 9.64 Å². The molecule has 0 fully saturated rings. The van der Waals surface area contributed by atoms with E-state index in [0.717, 1.165) is 21.6 Å². The van der Waals surface area contributed by atoms with Gasteiger partial charge in [0.15, 0.2) is 0 Å². The van der Waals surface area contributed by atoms with Crippen LogP contribution >= 0.6 is 0 Å². The molecule has 2 nitrogen and oxygen atoms in total. The number of aryl methyl sites for hydroxylation is 3. The molecule has 2 unspecified atom stereocenters. The average Bonchev–Trinajstić information content (AvgIpc) is 2.44. The lowest BCUT2D eigenvalue weighted by Gasteiger charge is -2.20. The molecule has 2 atom stereocenters. The Kier molecular flexibility index (Phi) is 5.27. The lowest BCUT2D eigenvalue weighted by Crippen LogP contribution is -2.23. The Morgan fingerprint density at radius 3 is 1.78 bits per heavy atom. The molecule has 0 bridgehead atoms. The van der Waals surface area contributed by atoms with Crippen molar-refractivity contribution >= 4 is 21.6 Å². The molecular formula is C19H24O2S2. The molecule has 124 valence electrons. The van der Waals surface area contributed by atoms with Crippen LogP contribution in [0.15, 0.2) is 51.1 Å². The van der Waals surface area contributed by atoms with E-state index in [2.05, 4.69) is 0 Å². The lowest BCUT2D eigenvalue weighted by atomic mass is 10.1. The fourth-order valence-electron chi connectivity index (χ4n) is 2.66. The third-order valence-corrected chi connectivity index (χ3v) is 7.36. The monoisotopic (exact) mass is 348 g/mol. The molecule has 0 spiro atoms. The minimum Gasteiger partial charge on any atom is -0.254 e. The first-order chi connectivity index (χ1) is 10.6. The van der Waals surface area contributed by atoms with Crippen LogP contribution in [0.3, 0.4) is 0 Å². The van der Waals surface area contributed by atoms with E-state index in [0.29, 0.717) is 9.79 Å². The summed E-state index contributed by atoms with van der Waals surface area (Å²) in [5.41, 5.74) is 3.18. The SMILES string of the molecule is Cc1cc(C)c(S(=O)c2ccccc2S(=O)C(C)(C)C)c(C)c1. The molecule has 2 aromatic carbocycles. The molecule has 2 aromatic rings. The van der Waals surface area contributed by atoms with Crippen molar-refractivity contribution in [2.24, 2.45) is 0 Å². The molecule has 23 heavy (non-hydrogen) atoms. The number of rotatable bonds is 3. The summed E-state index contributed by atoms with van der Waals surface area (Å²) in [5, 5.41) is 0. The van der Waals surface area contributed by atoms with E-state index >= 15 is 0 Å². The summed E-state index contributed by atoms with van der Waals surface area (Å²) in [4.78, 5) is 2.14. The maximum absolute atomic E-state index is 13.2. The first-order valence-corrected chi connectivity index (χ1v) is 9.93. The lowest BCUT2D eigenvalue weighted by molar-refractivity contribution is 0.645. The van der Waals surface area contributed by atoms with Crippen LogP contribution in [-0.4, -0.2) is 13.2 Å². The van der Waals surface area contributed by atoms with E-state index in [1.807, 2.05) is 77.9 Å². The summed E-state index contributed by atoms with van der Waals surface area (Å²) in [6.07, 6.45) is 0. The standard InChI is InChI=1S/C19H24O2S2/c1-13-11-14(2)18(15(3)12-13)22(20)16-9-7-8-10-17(16)23(21)19(4,5)6/h7-12H,1-6H3. The second kappa shape index (κ2) is 6.70. The minimum absolute atomic E-state index is 0.391. The molecule has 0 saturated carbocycles. The van der Waals surface area contributed by atoms with E-state index < -0.39 is 26.3 Å². The smallest absolute Gasteiger partial charge is 0.0867 e. The van der Waals surface area contributed by atoms with Gasteiger partial charge in [-0.25, -0.2) is 4.21 Å². The van der Waals surface area contributed by atoms with Gasteiger partial charge in [0.25, 0.3) is 0 Å². The molecule has 0 amide bonds. The highest BCUT2D eigenvalue weighted by atomic mass is 32.2. The van der Waals surface area contributed by atoms with Gasteiger partial charge in [-0.3, -0.25) is 4.21 Å². The van der Waals surface area contributed by atoms with Crippen molar-refractivity contribution < 1.29 is 8.42 Å². The molecule has 0 heterocycles. The van der Waals surface area contributed by atoms with Crippen molar-refractivity contribution in [2.75, 3.05) is 0 Å². The van der Waals surface area contributed by atoms with E-state index in [1.165, 1.54) is 0 Å². The first-order valence-electron chi connectivity index (χ1n) is 7.63. The van der Waals surface area contributed by atoms with E-state index in [9.17, 15) is 8.42 Å². The first kappa shape index (κ1) is 18.1. The van der Waals surface area contributed by atoms with Gasteiger partial charge >= 0.3 is 0 Å². The third-order valence-electron chi connectivity index (χ3n) is 3.59. The highest BCUT2D eigenvalue weighted by molar-refractivity contribution is 7.89. The minimum atomic E-state index is -1.34. The summed E-state index contributed by atoms with van der Waals surface area (Å²) < 4.78 is 25.7. The summed E-state index contributed by atoms with van der Waals surface area (Å²) in [5.74, 6) is 0. The Morgan fingerprint density at radius 1 is 0.826 bits per heavy atom. The van der Waals surface area contributed by atoms with Crippen LogP contribution in [0.1, 0.15) is 37.5 Å². The summed E-state index contributed by atoms with van der Waals surface area (Å²) in [6, 6.07) is 11.5. The molecule has 0 saturated heterocycles. The zero-order valence-electron chi connectivity index (χ0n) is 14.6. The van der Waals surface area contributed by atoms with Crippen LogP contribution in [0, 0.1) is 20.8 Å². The Bertz CT molecular complexity index is 763. The fourth-order valence-corrected chi connectivity index (χ4v) is 5.60. The zero-order chi connectivity index (χ0) is 17.4. The second-order valence-electron chi connectivity index (χ2n) is 6.82. The van der Waals surface area contributed by atoms with Crippen LogP contribution in [0.5, 0.6) is 0 Å². The van der Waals surface area contributed by atoms with Gasteiger partial charge in [-0.15, -0.1) is 0 Å². The van der Waals surface area contributed by atoms with Crippen molar-refractivity contribution in [3.63, 3.8) is 0 Å². The summed E-state index contributed by atoms with van der Waals surface area (Å²) >= 11 is 0. The number of benzene rings is 2. The van der Waals surface area contributed by atoms with E-state index in [4.69, 9.17) is 0 Å². The molecular weight excluding hydrogens is 324 g/mol. The van der Waals surface area contributed by atoms with Crippen LogP contribution < -0.4 is 0 Å². The summed E-state index contributed by atoms with van der Waals surface area (Å²) in [7, 11) is -2.56. The molecule has 0 aromatic heterocycles. The van der Waals surface area contributed by atoms with Crippen LogP contribution in [0.2, 0.25) is 0 Å². The quantitative estimate of drug-likeness (QED) is 0.807. The largest absolute Gasteiger partial charge is 0.254 e. The maximum Gasteiger partial charge on any atom is 0.0867 e. The molecule has 0 aliphatic heterocycles. The number of hydrogen-bond donors (Lipinski definition) is 0. The number of hydrogen-bond acceptors (Lipinski definition) is 2. The average molecular weight is 349 g/mol. The third kappa shape index (κ3) is 3.81. The molecule has 0 radical (unpaired) electrons. The Morgan fingerprint density at radius 2 is 1.30 bits per heavy atom. The van der Waals surface area contributed by atoms with Crippen LogP contribution in [-0.2, 0) is 21.6 Å². The normalized spacial score (nSPS) is 14.5. The zero-order valence-corrected chi connectivity index (χ0v) is 16.2. The Hall–Kier alpha value is -1.26. The van der Waals surface area contributed by atoms with Crippen LogP contribution in [0.4, 0.5) is 0 Å². The topological polar surface area (TPSA) is 34.1 Å². The predicted molar refractivity (Wildman–Crippen MR) is 97.9 cm³/mol. The van der Waals surface area contributed by atoms with Gasteiger partial charge in [0.05, 0.1) is 31.4 Å². The molecule has 2 rings (SSSR count). The summed E-state index contributed by atoms with van der Waals surface area (Å²) in [6.45, 7) is 11.8.